The molecule has 1 saturated heterocycles. The zero-order chi connectivity index (χ0) is 14.6. The Labute approximate surface area is 124 Å². The fourth-order valence-corrected chi connectivity index (χ4v) is 2.82. The maximum Gasteiger partial charge on any atom is 0.338 e. The second-order valence-corrected chi connectivity index (χ2v) is 5.83. The maximum atomic E-state index is 11.2. The first-order valence-electron chi connectivity index (χ1n) is 7.24. The van der Waals surface area contributed by atoms with Crippen molar-refractivity contribution in [1.82, 2.24) is 0 Å². The van der Waals surface area contributed by atoms with E-state index in [0.717, 1.165) is 37.1 Å². The molecule has 20 heavy (non-hydrogen) atoms. The minimum Gasteiger partial charge on any atom is -0.479 e. The van der Waals surface area contributed by atoms with Crippen LogP contribution in [0.25, 0.3) is 0 Å². The SMILES string of the molecule is CCC1OC1(CCCCCc1ccc(Cl)cc1)C(=O)O. The van der Waals surface area contributed by atoms with E-state index in [2.05, 4.69) is 0 Å². The van der Waals surface area contributed by atoms with Crippen molar-refractivity contribution in [2.75, 3.05) is 0 Å². The van der Waals surface area contributed by atoms with Crippen molar-refractivity contribution in [3.63, 3.8) is 0 Å². The van der Waals surface area contributed by atoms with Crippen molar-refractivity contribution in [3.8, 4) is 0 Å². The number of benzene rings is 1. The number of carboxylic acids is 1. The Morgan fingerprint density at radius 2 is 2.00 bits per heavy atom. The molecule has 1 aromatic carbocycles. The summed E-state index contributed by atoms with van der Waals surface area (Å²) < 4.78 is 5.38. The Bertz CT molecular complexity index is 457. The predicted octanol–water partition coefficient (Wildman–Crippen LogP) is 4.08. The van der Waals surface area contributed by atoms with E-state index in [4.69, 9.17) is 16.3 Å². The van der Waals surface area contributed by atoms with Gasteiger partial charge in [-0.2, -0.15) is 0 Å². The van der Waals surface area contributed by atoms with Crippen molar-refractivity contribution >= 4 is 17.6 Å². The van der Waals surface area contributed by atoms with Crippen molar-refractivity contribution < 1.29 is 14.6 Å². The third-order valence-corrected chi connectivity index (χ3v) is 4.23. The number of hydrogen-bond acceptors (Lipinski definition) is 2. The van der Waals surface area contributed by atoms with Crippen LogP contribution in [0, 0.1) is 0 Å². The lowest BCUT2D eigenvalue weighted by Crippen LogP contribution is -2.26. The third-order valence-electron chi connectivity index (χ3n) is 3.98. The number of aryl methyl sites for hydroxylation is 1. The van der Waals surface area contributed by atoms with Crippen LogP contribution in [0.4, 0.5) is 0 Å². The molecular weight excluding hydrogens is 276 g/mol. The largest absolute Gasteiger partial charge is 0.479 e. The van der Waals surface area contributed by atoms with Gasteiger partial charge in [-0.3, -0.25) is 0 Å². The molecule has 0 aromatic heterocycles. The molecule has 3 nitrogen and oxygen atoms in total. The van der Waals surface area contributed by atoms with Gasteiger partial charge >= 0.3 is 5.97 Å². The smallest absolute Gasteiger partial charge is 0.338 e. The first-order valence-corrected chi connectivity index (χ1v) is 7.62. The van der Waals surface area contributed by atoms with Crippen LogP contribution in [-0.2, 0) is 16.0 Å². The molecule has 1 aromatic rings. The van der Waals surface area contributed by atoms with Crippen LogP contribution >= 0.6 is 11.6 Å². The second-order valence-electron chi connectivity index (χ2n) is 5.40. The number of epoxide rings is 1. The Morgan fingerprint density at radius 1 is 1.30 bits per heavy atom. The predicted molar refractivity (Wildman–Crippen MR) is 79.2 cm³/mol. The highest BCUT2D eigenvalue weighted by Crippen LogP contribution is 2.43. The third kappa shape index (κ3) is 3.53. The van der Waals surface area contributed by atoms with Gasteiger partial charge in [-0.1, -0.05) is 37.1 Å². The van der Waals surface area contributed by atoms with E-state index >= 15 is 0 Å². The number of carboxylic acid groups (broad SMARTS) is 1. The quantitative estimate of drug-likeness (QED) is 0.581. The van der Waals surface area contributed by atoms with Crippen LogP contribution in [0.3, 0.4) is 0 Å². The van der Waals surface area contributed by atoms with Crippen LogP contribution in [0.2, 0.25) is 5.02 Å². The van der Waals surface area contributed by atoms with Gasteiger partial charge in [0.15, 0.2) is 5.60 Å². The summed E-state index contributed by atoms with van der Waals surface area (Å²) in [5, 5.41) is 9.99. The number of rotatable bonds is 8. The molecule has 2 atom stereocenters. The minimum atomic E-state index is -0.880. The zero-order valence-electron chi connectivity index (χ0n) is 11.8. The molecule has 1 N–H and O–H groups in total. The van der Waals surface area contributed by atoms with Gasteiger partial charge in [0, 0.05) is 5.02 Å². The number of unbranched alkanes of at least 4 members (excludes halogenated alkanes) is 2. The molecule has 1 aliphatic heterocycles. The molecule has 0 bridgehead atoms. The molecule has 0 spiro atoms. The standard InChI is InChI=1S/C16H21ClO3/c1-2-14-16(20-14,15(18)19)11-5-3-4-6-12-7-9-13(17)10-8-12/h7-10,14H,2-6,11H2,1H3,(H,18,19). The first kappa shape index (κ1) is 15.3. The maximum absolute atomic E-state index is 11.2. The van der Waals surface area contributed by atoms with Gasteiger partial charge in [0.05, 0.1) is 6.10 Å². The topological polar surface area (TPSA) is 49.8 Å². The molecule has 110 valence electrons. The molecular formula is C16H21ClO3. The molecule has 0 amide bonds. The van der Waals surface area contributed by atoms with E-state index in [1.54, 1.807) is 0 Å². The lowest BCUT2D eigenvalue weighted by molar-refractivity contribution is -0.143. The van der Waals surface area contributed by atoms with Crippen LogP contribution in [0.15, 0.2) is 24.3 Å². The van der Waals surface area contributed by atoms with Gasteiger partial charge < -0.3 is 9.84 Å². The summed E-state index contributed by atoms with van der Waals surface area (Å²) >= 11 is 5.84. The van der Waals surface area contributed by atoms with E-state index in [1.807, 2.05) is 31.2 Å². The summed E-state index contributed by atoms with van der Waals surface area (Å²) in [6, 6.07) is 7.89. The summed E-state index contributed by atoms with van der Waals surface area (Å²) in [5.74, 6) is -0.804. The van der Waals surface area contributed by atoms with Crippen LogP contribution in [0.1, 0.15) is 44.6 Å². The normalized spacial score (nSPS) is 24.6. The summed E-state index contributed by atoms with van der Waals surface area (Å²) in [5.41, 5.74) is 0.395. The van der Waals surface area contributed by atoms with E-state index < -0.39 is 11.6 Å². The van der Waals surface area contributed by atoms with Gasteiger partial charge in [-0.05, 0) is 49.8 Å². The summed E-state index contributed by atoms with van der Waals surface area (Å²) in [4.78, 5) is 11.2. The number of carbonyl (C=O) groups is 1. The van der Waals surface area contributed by atoms with Crippen LogP contribution in [-0.4, -0.2) is 22.8 Å². The number of ether oxygens (including phenoxy) is 1. The number of hydrogen-bond donors (Lipinski definition) is 1. The molecule has 1 heterocycles. The first-order chi connectivity index (χ1) is 9.58. The van der Waals surface area contributed by atoms with Gasteiger partial charge in [-0.25, -0.2) is 4.79 Å². The zero-order valence-corrected chi connectivity index (χ0v) is 12.5. The molecule has 0 aliphatic carbocycles. The van der Waals surface area contributed by atoms with Gasteiger partial charge in [0.2, 0.25) is 0 Å². The summed E-state index contributed by atoms with van der Waals surface area (Å²) in [7, 11) is 0. The average Bonchev–Trinajstić information content (AvgIpc) is 3.16. The molecule has 2 rings (SSSR count). The summed E-state index contributed by atoms with van der Waals surface area (Å²) in [6.07, 6.45) is 5.31. The molecule has 1 aliphatic rings. The monoisotopic (exact) mass is 296 g/mol. The Balaban J connectivity index is 1.67. The van der Waals surface area contributed by atoms with E-state index in [-0.39, 0.29) is 6.10 Å². The fraction of sp³-hybridized carbons (Fsp3) is 0.562. The van der Waals surface area contributed by atoms with Crippen molar-refractivity contribution in [3.05, 3.63) is 34.9 Å². The second kappa shape index (κ2) is 6.59. The number of halogens is 1. The van der Waals surface area contributed by atoms with Gasteiger partial charge in [0.1, 0.15) is 0 Å². The van der Waals surface area contributed by atoms with Crippen LogP contribution in [0.5, 0.6) is 0 Å². The highest BCUT2D eigenvalue weighted by atomic mass is 35.5. The molecule has 2 unspecified atom stereocenters. The van der Waals surface area contributed by atoms with Crippen LogP contribution < -0.4 is 0 Å². The Kier molecular flexibility index (Phi) is 5.06. The van der Waals surface area contributed by atoms with Gasteiger partial charge in [-0.15, -0.1) is 0 Å². The highest BCUT2D eigenvalue weighted by Gasteiger charge is 2.61. The van der Waals surface area contributed by atoms with E-state index in [9.17, 15) is 9.90 Å². The molecule has 4 heteroatoms. The lowest BCUT2D eigenvalue weighted by Gasteiger charge is -2.07. The molecule has 0 radical (unpaired) electrons. The minimum absolute atomic E-state index is 0.0868. The average molecular weight is 297 g/mol. The molecule has 1 fully saturated rings. The number of aliphatic carboxylic acids is 1. The van der Waals surface area contributed by atoms with Crippen molar-refractivity contribution in [2.45, 2.75) is 57.2 Å². The van der Waals surface area contributed by atoms with E-state index in [0.29, 0.717) is 6.42 Å². The highest BCUT2D eigenvalue weighted by molar-refractivity contribution is 6.30. The van der Waals surface area contributed by atoms with Crippen molar-refractivity contribution in [1.29, 1.82) is 0 Å². The fourth-order valence-electron chi connectivity index (χ4n) is 2.69. The molecule has 0 saturated carbocycles. The van der Waals surface area contributed by atoms with Gasteiger partial charge in [0.25, 0.3) is 0 Å². The van der Waals surface area contributed by atoms with Crippen molar-refractivity contribution in [2.24, 2.45) is 0 Å². The lowest BCUT2D eigenvalue weighted by atomic mass is 9.95. The Morgan fingerprint density at radius 3 is 2.55 bits per heavy atom. The Hall–Kier alpha value is -1.06. The summed E-state index contributed by atoms with van der Waals surface area (Å²) in [6.45, 7) is 1.97. The van der Waals surface area contributed by atoms with E-state index in [1.165, 1.54) is 5.56 Å².